The fraction of sp³-hybridized carbons (Fsp3) is 0.304. The number of primary amides is 1. The summed E-state index contributed by atoms with van der Waals surface area (Å²) in [7, 11) is 0. The molecule has 29 heavy (non-hydrogen) atoms. The van der Waals surface area contributed by atoms with Crippen molar-refractivity contribution >= 4 is 33.6 Å². The average Bonchev–Trinajstić information content (AvgIpc) is 3.39. The Hall–Kier alpha value is -3.15. The topological polar surface area (TPSA) is 79.2 Å². The lowest BCUT2D eigenvalue weighted by Crippen LogP contribution is -2.38. The number of rotatable bonds is 4. The number of likely N-dealkylation sites (tertiary alicyclic amines) is 1. The van der Waals surface area contributed by atoms with Gasteiger partial charge in [0.05, 0.1) is 11.9 Å². The van der Waals surface area contributed by atoms with Crippen LogP contribution in [0, 0.1) is 11.7 Å². The second-order valence-corrected chi connectivity index (χ2v) is 8.18. The molecule has 148 valence electrons. The van der Waals surface area contributed by atoms with Gasteiger partial charge < -0.3 is 15.6 Å². The summed E-state index contributed by atoms with van der Waals surface area (Å²) < 4.78 is 15.5. The lowest BCUT2D eigenvalue weighted by atomic mass is 9.83. The smallest absolute Gasteiger partial charge is 0.246 e. The van der Waals surface area contributed by atoms with Gasteiger partial charge in [-0.1, -0.05) is 24.8 Å². The van der Waals surface area contributed by atoms with Crippen molar-refractivity contribution in [2.75, 3.05) is 6.54 Å². The van der Waals surface area contributed by atoms with Gasteiger partial charge >= 0.3 is 0 Å². The van der Waals surface area contributed by atoms with Gasteiger partial charge in [-0.25, -0.2) is 4.39 Å². The molecule has 0 radical (unpaired) electrons. The minimum Gasteiger partial charge on any atom is -0.369 e. The van der Waals surface area contributed by atoms with Crippen LogP contribution in [0.1, 0.15) is 29.9 Å². The van der Waals surface area contributed by atoms with Crippen LogP contribution in [0.2, 0.25) is 0 Å². The molecule has 2 amide bonds. The molecular weight excluding hydrogens is 369 g/mol. The number of para-hydroxylation sites is 1. The highest BCUT2D eigenvalue weighted by atomic mass is 19.1. The molecule has 2 heterocycles. The van der Waals surface area contributed by atoms with E-state index in [2.05, 4.69) is 11.6 Å². The fourth-order valence-corrected chi connectivity index (χ4v) is 5.47. The maximum atomic E-state index is 15.5. The molecular formula is C23H22FN3O2. The predicted molar refractivity (Wildman–Crippen MR) is 110 cm³/mol. The number of halogens is 1. The van der Waals surface area contributed by atoms with Gasteiger partial charge in [0, 0.05) is 34.4 Å². The molecule has 1 unspecified atom stereocenters. The standard InChI is InChI=1S/C23H22FN3O2/c1-2-20(29)27-11-13-7-14(27)10-16(13)21-17(24)8-12(9-19(25)28)23-22(21)15-5-3-4-6-18(15)26-23/h2-6,8,13-14,16,26H,1,7,9-11H2,(H2,25,28)/t13-,14-,16?/m1/s1. The number of amides is 2. The molecule has 3 N–H and O–H groups in total. The third kappa shape index (κ3) is 2.66. The van der Waals surface area contributed by atoms with Crippen molar-refractivity contribution < 1.29 is 14.0 Å². The first-order valence-corrected chi connectivity index (χ1v) is 9.91. The van der Waals surface area contributed by atoms with Crippen LogP contribution in [-0.2, 0) is 16.0 Å². The predicted octanol–water partition coefficient (Wildman–Crippen LogP) is 3.38. The zero-order valence-corrected chi connectivity index (χ0v) is 16.0. The first-order valence-electron chi connectivity index (χ1n) is 9.91. The number of hydrogen-bond donors (Lipinski definition) is 2. The molecule has 1 aliphatic carbocycles. The van der Waals surface area contributed by atoms with Crippen molar-refractivity contribution in [3.8, 4) is 0 Å². The quantitative estimate of drug-likeness (QED) is 0.669. The number of hydrogen-bond acceptors (Lipinski definition) is 2. The number of aromatic nitrogens is 1. The summed E-state index contributed by atoms with van der Waals surface area (Å²) in [5, 5.41) is 1.79. The summed E-state index contributed by atoms with van der Waals surface area (Å²) in [6.45, 7) is 4.22. The second-order valence-electron chi connectivity index (χ2n) is 8.18. The highest BCUT2D eigenvalue weighted by molar-refractivity contribution is 6.10. The molecule has 2 bridgehead atoms. The van der Waals surface area contributed by atoms with Gasteiger partial charge in [0.1, 0.15) is 5.82 Å². The Kier molecular flexibility index (Phi) is 3.98. The molecule has 2 aliphatic rings. The maximum absolute atomic E-state index is 15.5. The van der Waals surface area contributed by atoms with Crippen LogP contribution in [0.15, 0.2) is 43.0 Å². The number of carbonyl (C=O) groups excluding carboxylic acids is 2. The van der Waals surface area contributed by atoms with Crippen molar-refractivity contribution in [1.82, 2.24) is 9.88 Å². The van der Waals surface area contributed by atoms with Crippen molar-refractivity contribution in [2.24, 2.45) is 11.7 Å². The fourth-order valence-electron chi connectivity index (χ4n) is 5.47. The number of fused-ring (bicyclic) bond motifs is 5. The number of nitrogens with one attached hydrogen (secondary N) is 1. The first-order chi connectivity index (χ1) is 14.0. The Balaban J connectivity index is 1.67. The monoisotopic (exact) mass is 391 g/mol. The number of aromatic amines is 1. The lowest BCUT2D eigenvalue weighted by Gasteiger charge is -2.31. The van der Waals surface area contributed by atoms with Crippen molar-refractivity contribution in [3.05, 3.63) is 59.9 Å². The van der Waals surface area contributed by atoms with E-state index in [1.54, 1.807) is 0 Å². The van der Waals surface area contributed by atoms with Crippen LogP contribution in [0.3, 0.4) is 0 Å². The third-order valence-corrected chi connectivity index (χ3v) is 6.59. The molecule has 6 heteroatoms. The molecule has 3 atom stereocenters. The Bertz CT molecular complexity index is 1180. The molecule has 2 fully saturated rings. The maximum Gasteiger partial charge on any atom is 0.246 e. The highest BCUT2D eigenvalue weighted by Crippen LogP contribution is 2.51. The van der Waals surface area contributed by atoms with Gasteiger partial charge in [0.15, 0.2) is 0 Å². The van der Waals surface area contributed by atoms with Crippen LogP contribution in [0.5, 0.6) is 0 Å². The number of nitrogens with two attached hydrogens (primary N) is 1. The van der Waals surface area contributed by atoms with Crippen molar-refractivity contribution in [3.63, 3.8) is 0 Å². The Morgan fingerprint density at radius 1 is 1.31 bits per heavy atom. The van der Waals surface area contributed by atoms with Crippen molar-refractivity contribution in [2.45, 2.75) is 31.2 Å². The van der Waals surface area contributed by atoms with Crippen LogP contribution in [0.25, 0.3) is 21.8 Å². The largest absolute Gasteiger partial charge is 0.369 e. The molecule has 3 aromatic rings. The number of benzene rings is 2. The van der Waals surface area contributed by atoms with Crippen LogP contribution < -0.4 is 5.73 Å². The van der Waals surface area contributed by atoms with E-state index in [1.165, 1.54) is 12.1 Å². The van der Waals surface area contributed by atoms with Crippen LogP contribution in [0.4, 0.5) is 4.39 Å². The zero-order valence-electron chi connectivity index (χ0n) is 16.0. The zero-order chi connectivity index (χ0) is 20.3. The molecule has 2 aromatic carbocycles. The Morgan fingerprint density at radius 2 is 2.10 bits per heavy atom. The van der Waals surface area contributed by atoms with E-state index in [-0.39, 0.29) is 36.0 Å². The summed E-state index contributed by atoms with van der Waals surface area (Å²) in [4.78, 5) is 28.9. The molecule has 1 aromatic heterocycles. The number of nitrogens with zero attached hydrogens (tertiary/aromatic N) is 1. The van der Waals surface area contributed by atoms with Gasteiger partial charge in [-0.15, -0.1) is 0 Å². The first kappa shape index (κ1) is 17.9. The highest BCUT2D eigenvalue weighted by Gasteiger charge is 2.47. The van der Waals surface area contributed by atoms with E-state index >= 15 is 4.39 Å². The lowest BCUT2D eigenvalue weighted by molar-refractivity contribution is -0.127. The summed E-state index contributed by atoms with van der Waals surface area (Å²) in [6.07, 6.45) is 2.97. The third-order valence-electron chi connectivity index (χ3n) is 6.59. The molecule has 1 aliphatic heterocycles. The van der Waals surface area contributed by atoms with E-state index in [0.717, 1.165) is 34.6 Å². The van der Waals surface area contributed by atoms with Crippen LogP contribution >= 0.6 is 0 Å². The van der Waals surface area contributed by atoms with E-state index in [0.29, 0.717) is 17.7 Å². The molecule has 5 nitrogen and oxygen atoms in total. The summed E-state index contributed by atoms with van der Waals surface area (Å²) in [5.74, 6) is -0.575. The van der Waals surface area contributed by atoms with E-state index in [4.69, 9.17) is 5.73 Å². The van der Waals surface area contributed by atoms with Gasteiger partial charge in [-0.2, -0.15) is 0 Å². The molecule has 1 saturated heterocycles. The Morgan fingerprint density at radius 3 is 2.79 bits per heavy atom. The minimum atomic E-state index is -0.490. The summed E-state index contributed by atoms with van der Waals surface area (Å²) in [6, 6.07) is 9.38. The minimum absolute atomic E-state index is 0.0150. The molecule has 5 rings (SSSR count). The van der Waals surface area contributed by atoms with E-state index in [9.17, 15) is 9.59 Å². The van der Waals surface area contributed by atoms with Crippen molar-refractivity contribution in [1.29, 1.82) is 0 Å². The number of carbonyl (C=O) groups is 2. The second kappa shape index (κ2) is 6.44. The van der Waals surface area contributed by atoms with Gasteiger partial charge in [-0.05, 0) is 48.4 Å². The van der Waals surface area contributed by atoms with Gasteiger partial charge in [0.2, 0.25) is 11.8 Å². The molecule has 1 saturated carbocycles. The number of H-pyrrole nitrogens is 1. The number of piperidine rings is 1. The molecule has 0 spiro atoms. The average molecular weight is 391 g/mol. The van der Waals surface area contributed by atoms with E-state index < -0.39 is 5.91 Å². The SMILES string of the molecule is C=CC(=O)N1C[C@H]2C[C@@H]1CC2c1c(F)cc(CC(N)=O)c2[nH]c3ccccc3c12. The summed E-state index contributed by atoms with van der Waals surface area (Å²) >= 11 is 0. The van der Waals surface area contributed by atoms with E-state index in [1.807, 2.05) is 29.2 Å². The normalized spacial score (nSPS) is 23.2. The van der Waals surface area contributed by atoms with Gasteiger partial charge in [0.25, 0.3) is 0 Å². The Labute approximate surface area is 167 Å². The van der Waals surface area contributed by atoms with Crippen LogP contribution in [-0.4, -0.2) is 34.3 Å². The van der Waals surface area contributed by atoms with Gasteiger partial charge in [-0.3, -0.25) is 9.59 Å². The summed E-state index contributed by atoms with van der Waals surface area (Å²) in [5.41, 5.74) is 8.37.